The Labute approximate surface area is 108 Å². The van der Waals surface area contributed by atoms with Gasteiger partial charge in [-0.05, 0) is 30.7 Å². The van der Waals surface area contributed by atoms with Crippen LogP contribution in [0.4, 0.5) is 8.78 Å². The molecule has 0 saturated heterocycles. The number of methoxy groups -OCH3 is 1. The van der Waals surface area contributed by atoms with Crippen LogP contribution in [0.1, 0.15) is 27.4 Å². The molecule has 0 aliphatic rings. The topological polar surface area (TPSA) is 39.4 Å². The number of carbonyl (C=O) groups excluding carboxylic acids is 1. The van der Waals surface area contributed by atoms with E-state index in [0.29, 0.717) is 5.76 Å². The van der Waals surface area contributed by atoms with Crippen LogP contribution in [0.25, 0.3) is 0 Å². The number of hydrogen-bond donors (Lipinski definition) is 0. The lowest BCUT2D eigenvalue weighted by Crippen LogP contribution is -2.08. The van der Waals surface area contributed by atoms with Gasteiger partial charge in [-0.2, -0.15) is 0 Å². The molecule has 2 aromatic rings. The summed E-state index contributed by atoms with van der Waals surface area (Å²) in [6.45, 7) is 1.65. The maximum absolute atomic E-state index is 13.8. The highest BCUT2D eigenvalue weighted by Crippen LogP contribution is 2.21. The molecule has 0 unspecified atom stereocenters. The highest BCUT2D eigenvalue weighted by atomic mass is 19.1. The molecule has 3 nitrogen and oxygen atoms in total. The number of ether oxygens (including phenoxy) is 1. The van der Waals surface area contributed by atoms with Crippen molar-refractivity contribution in [2.24, 2.45) is 0 Å². The minimum absolute atomic E-state index is 0.115. The van der Waals surface area contributed by atoms with Crippen LogP contribution in [0.5, 0.6) is 0 Å². The third-order valence-electron chi connectivity index (χ3n) is 2.68. The van der Waals surface area contributed by atoms with E-state index in [1.54, 1.807) is 0 Å². The molecule has 0 spiro atoms. The van der Waals surface area contributed by atoms with Crippen molar-refractivity contribution in [3.63, 3.8) is 0 Å². The second-order valence-electron chi connectivity index (χ2n) is 4.08. The number of halogens is 2. The van der Waals surface area contributed by atoms with Gasteiger partial charge < -0.3 is 9.15 Å². The molecule has 0 amide bonds. The molecule has 1 aromatic heterocycles. The Morgan fingerprint density at radius 3 is 2.68 bits per heavy atom. The summed E-state index contributed by atoms with van der Waals surface area (Å²) in [6, 6.07) is 5.24. The molecule has 1 aromatic carbocycles. The highest BCUT2D eigenvalue weighted by molar-refractivity contribution is 6.07. The monoisotopic (exact) mass is 266 g/mol. The molecule has 100 valence electrons. The summed E-state index contributed by atoms with van der Waals surface area (Å²) in [4.78, 5) is 12.0. The van der Waals surface area contributed by atoms with Gasteiger partial charge in [-0.3, -0.25) is 4.79 Å². The normalized spacial score (nSPS) is 10.7. The minimum atomic E-state index is -0.905. The van der Waals surface area contributed by atoms with E-state index in [0.717, 1.165) is 6.07 Å². The Morgan fingerprint density at radius 1 is 1.26 bits per heavy atom. The van der Waals surface area contributed by atoms with E-state index in [2.05, 4.69) is 0 Å². The first-order chi connectivity index (χ1) is 9.04. The molecule has 0 saturated carbocycles. The van der Waals surface area contributed by atoms with E-state index in [1.807, 2.05) is 0 Å². The van der Waals surface area contributed by atoms with Crippen molar-refractivity contribution < 1.29 is 22.7 Å². The molecule has 19 heavy (non-hydrogen) atoms. The van der Waals surface area contributed by atoms with Crippen LogP contribution >= 0.6 is 0 Å². The van der Waals surface area contributed by atoms with Gasteiger partial charge >= 0.3 is 0 Å². The van der Waals surface area contributed by atoms with Crippen molar-refractivity contribution in [2.75, 3.05) is 7.11 Å². The maximum atomic E-state index is 13.8. The molecule has 5 heteroatoms. The molecule has 0 radical (unpaired) electrons. The van der Waals surface area contributed by atoms with Crippen molar-refractivity contribution in [1.29, 1.82) is 0 Å². The Bertz CT molecular complexity index is 617. The van der Waals surface area contributed by atoms with E-state index < -0.39 is 23.0 Å². The summed E-state index contributed by atoms with van der Waals surface area (Å²) in [6.07, 6.45) is 0. The average Bonchev–Trinajstić information content (AvgIpc) is 2.83. The smallest absolute Gasteiger partial charge is 0.234 e. The van der Waals surface area contributed by atoms with Gasteiger partial charge in [0.2, 0.25) is 5.78 Å². The first-order valence-electron chi connectivity index (χ1n) is 5.61. The van der Waals surface area contributed by atoms with Crippen LogP contribution in [0.3, 0.4) is 0 Å². The van der Waals surface area contributed by atoms with Gasteiger partial charge in [0.25, 0.3) is 0 Å². The molecule has 0 N–H and O–H groups in total. The highest BCUT2D eigenvalue weighted by Gasteiger charge is 2.23. The van der Waals surface area contributed by atoms with Gasteiger partial charge in [0.05, 0.1) is 5.56 Å². The Morgan fingerprint density at radius 2 is 2.00 bits per heavy atom. The van der Waals surface area contributed by atoms with Crippen LogP contribution in [0, 0.1) is 18.6 Å². The lowest BCUT2D eigenvalue weighted by molar-refractivity contribution is 0.0992. The fourth-order valence-electron chi connectivity index (χ4n) is 1.71. The number of aryl methyl sites for hydroxylation is 1. The second-order valence-corrected chi connectivity index (χ2v) is 4.08. The van der Waals surface area contributed by atoms with Gasteiger partial charge in [-0.15, -0.1) is 0 Å². The van der Waals surface area contributed by atoms with Crippen LogP contribution < -0.4 is 0 Å². The maximum Gasteiger partial charge on any atom is 0.234 e. The van der Waals surface area contributed by atoms with Crippen LogP contribution in [-0.2, 0) is 11.3 Å². The zero-order valence-electron chi connectivity index (χ0n) is 10.5. The first-order valence-corrected chi connectivity index (χ1v) is 5.61. The molecule has 0 bridgehead atoms. The lowest BCUT2D eigenvalue weighted by atomic mass is 10.0. The summed E-state index contributed by atoms with van der Waals surface area (Å²) in [5, 5.41) is 0. The number of carbonyl (C=O) groups is 1. The fourth-order valence-corrected chi connectivity index (χ4v) is 1.71. The summed E-state index contributed by atoms with van der Waals surface area (Å²) in [7, 11) is 1.48. The van der Waals surface area contributed by atoms with E-state index in [4.69, 9.17) is 9.15 Å². The fraction of sp³-hybridized carbons (Fsp3) is 0.214. The van der Waals surface area contributed by atoms with Gasteiger partial charge in [0, 0.05) is 7.11 Å². The molecule has 0 atom stereocenters. The van der Waals surface area contributed by atoms with Gasteiger partial charge in [0.1, 0.15) is 24.0 Å². The molecule has 0 aliphatic carbocycles. The van der Waals surface area contributed by atoms with Crippen molar-refractivity contribution in [3.05, 3.63) is 58.5 Å². The van der Waals surface area contributed by atoms with Gasteiger partial charge in [-0.1, -0.05) is 6.07 Å². The van der Waals surface area contributed by atoms with Crippen molar-refractivity contribution in [1.82, 2.24) is 0 Å². The Balaban J connectivity index is 2.41. The third-order valence-corrected chi connectivity index (χ3v) is 2.68. The Kier molecular flexibility index (Phi) is 3.76. The SMILES string of the molecule is COCc1ccc(C(=O)c2c(F)ccc(C)c2F)o1. The quantitative estimate of drug-likeness (QED) is 0.797. The number of hydrogen-bond acceptors (Lipinski definition) is 3. The Hall–Kier alpha value is -2.01. The molecule has 0 fully saturated rings. The summed E-state index contributed by atoms with van der Waals surface area (Å²) in [5.74, 6) is -2.29. The molecular weight excluding hydrogens is 254 g/mol. The predicted molar refractivity (Wildman–Crippen MR) is 63.9 cm³/mol. The zero-order chi connectivity index (χ0) is 14.0. The first kappa shape index (κ1) is 13.4. The number of furan rings is 1. The minimum Gasteiger partial charge on any atom is -0.455 e. The lowest BCUT2D eigenvalue weighted by Gasteiger charge is -2.04. The molecular formula is C14H12F2O3. The predicted octanol–water partition coefficient (Wildman–Crippen LogP) is 3.24. The van der Waals surface area contributed by atoms with Gasteiger partial charge in [0.15, 0.2) is 5.76 Å². The van der Waals surface area contributed by atoms with E-state index >= 15 is 0 Å². The summed E-state index contributed by atoms with van der Waals surface area (Å²) >= 11 is 0. The summed E-state index contributed by atoms with van der Waals surface area (Å²) < 4.78 is 37.4. The largest absolute Gasteiger partial charge is 0.455 e. The number of rotatable bonds is 4. The van der Waals surface area contributed by atoms with E-state index in [-0.39, 0.29) is 17.9 Å². The zero-order valence-corrected chi connectivity index (χ0v) is 10.5. The second kappa shape index (κ2) is 5.32. The number of benzene rings is 1. The van der Waals surface area contributed by atoms with Crippen LogP contribution in [-0.4, -0.2) is 12.9 Å². The van der Waals surface area contributed by atoms with Gasteiger partial charge in [-0.25, -0.2) is 8.78 Å². The van der Waals surface area contributed by atoms with Crippen molar-refractivity contribution >= 4 is 5.78 Å². The van der Waals surface area contributed by atoms with Crippen LogP contribution in [0.15, 0.2) is 28.7 Å². The van der Waals surface area contributed by atoms with E-state index in [9.17, 15) is 13.6 Å². The molecule has 1 heterocycles. The van der Waals surface area contributed by atoms with Crippen LogP contribution in [0.2, 0.25) is 0 Å². The van der Waals surface area contributed by atoms with Crippen molar-refractivity contribution in [2.45, 2.75) is 13.5 Å². The van der Waals surface area contributed by atoms with Crippen molar-refractivity contribution in [3.8, 4) is 0 Å². The standard InChI is InChI=1S/C14H12F2O3/c1-8-3-5-10(15)12(13(8)16)14(17)11-6-4-9(19-11)7-18-2/h3-6H,7H2,1-2H3. The average molecular weight is 266 g/mol. The number of ketones is 1. The molecule has 0 aliphatic heterocycles. The summed E-state index contributed by atoms with van der Waals surface area (Å²) in [5.41, 5.74) is -0.397. The van der Waals surface area contributed by atoms with E-state index in [1.165, 1.54) is 32.2 Å². The third kappa shape index (κ3) is 2.56. The molecule has 2 rings (SSSR count).